The van der Waals surface area contributed by atoms with Crippen LogP contribution in [0.15, 0.2) is 47.1 Å². The van der Waals surface area contributed by atoms with Gasteiger partial charge < -0.3 is 14.2 Å². The normalized spacial score (nSPS) is 18.9. The molecule has 28 heavy (non-hydrogen) atoms. The minimum absolute atomic E-state index is 0.0389. The van der Waals surface area contributed by atoms with Gasteiger partial charge in [0.05, 0.1) is 13.0 Å². The molecule has 1 unspecified atom stereocenters. The summed E-state index contributed by atoms with van der Waals surface area (Å²) in [5, 5.41) is 9.87. The van der Waals surface area contributed by atoms with E-state index in [1.807, 2.05) is 53.8 Å². The van der Waals surface area contributed by atoms with Crippen molar-refractivity contribution in [3.63, 3.8) is 0 Å². The molecule has 1 aromatic carbocycles. The molecule has 2 aliphatic rings. The molecule has 1 aliphatic carbocycles. The lowest BCUT2D eigenvalue weighted by Gasteiger charge is -2.19. The second-order valence-electron chi connectivity index (χ2n) is 7.39. The minimum atomic E-state index is -0.418. The summed E-state index contributed by atoms with van der Waals surface area (Å²) < 4.78 is 7.18. The summed E-state index contributed by atoms with van der Waals surface area (Å²) in [6, 6.07) is 7.64. The Morgan fingerprint density at radius 2 is 2.04 bits per heavy atom. The van der Waals surface area contributed by atoms with Crippen LogP contribution in [0, 0.1) is 5.92 Å². The number of rotatable bonds is 3. The van der Waals surface area contributed by atoms with Crippen molar-refractivity contribution >= 4 is 22.7 Å². The number of benzene rings is 1. The van der Waals surface area contributed by atoms with Gasteiger partial charge in [-0.25, -0.2) is 5.48 Å². The van der Waals surface area contributed by atoms with E-state index in [0.717, 1.165) is 33.4 Å². The third-order valence-corrected chi connectivity index (χ3v) is 5.75. The number of hydrogen-bond donors (Lipinski definition) is 2. The molecule has 0 saturated carbocycles. The lowest BCUT2D eigenvalue weighted by Crippen LogP contribution is -2.31. The predicted molar refractivity (Wildman–Crippen MR) is 104 cm³/mol. The number of ether oxygens (including phenoxy) is 1. The zero-order valence-electron chi connectivity index (χ0n) is 16.2. The highest BCUT2D eigenvalue weighted by Crippen LogP contribution is 2.35. The summed E-state index contributed by atoms with van der Waals surface area (Å²) in [6.45, 7) is 2.98. The number of hydrogen-bond acceptors (Lipinski definition) is 4. The average Bonchev–Trinajstić information content (AvgIpc) is 3.28. The number of hydroxylamine groups is 1. The van der Waals surface area contributed by atoms with E-state index in [9.17, 15) is 9.59 Å². The highest BCUT2D eigenvalue weighted by Gasteiger charge is 2.33. The second-order valence-corrected chi connectivity index (χ2v) is 7.39. The molecule has 0 saturated heterocycles. The van der Waals surface area contributed by atoms with E-state index in [4.69, 9.17) is 9.94 Å². The van der Waals surface area contributed by atoms with Gasteiger partial charge in [-0.1, -0.05) is 6.08 Å². The largest absolute Gasteiger partial charge is 0.497 e. The molecule has 1 aliphatic heterocycles. The molecule has 0 spiro atoms. The quantitative estimate of drug-likeness (QED) is 0.632. The van der Waals surface area contributed by atoms with Gasteiger partial charge in [0.15, 0.2) is 0 Å². The zero-order valence-corrected chi connectivity index (χ0v) is 16.2. The molecule has 0 fully saturated rings. The Balaban J connectivity index is 1.58. The van der Waals surface area contributed by atoms with Crippen molar-refractivity contribution < 1.29 is 19.5 Å². The van der Waals surface area contributed by atoms with Crippen LogP contribution < -0.4 is 10.2 Å². The minimum Gasteiger partial charge on any atom is -0.497 e. The molecule has 7 heteroatoms. The van der Waals surface area contributed by atoms with Crippen molar-refractivity contribution in [3.8, 4) is 5.75 Å². The van der Waals surface area contributed by atoms with Gasteiger partial charge in [0.25, 0.3) is 11.8 Å². The third-order valence-electron chi connectivity index (χ3n) is 5.75. The summed E-state index contributed by atoms with van der Waals surface area (Å²) in [6.07, 6.45) is 2.39. The van der Waals surface area contributed by atoms with Gasteiger partial charge in [-0.15, -0.1) is 0 Å². The monoisotopic (exact) mass is 381 g/mol. The summed E-state index contributed by atoms with van der Waals surface area (Å²) in [5.74, 6) is -0.102. The number of methoxy groups -OCH3 is 1. The first-order valence-electron chi connectivity index (χ1n) is 9.19. The molecule has 1 atom stereocenters. The first kappa shape index (κ1) is 18.3. The third kappa shape index (κ3) is 2.88. The highest BCUT2D eigenvalue weighted by molar-refractivity contribution is 5.99. The second kappa shape index (κ2) is 6.83. The number of carbonyl (C=O) groups excluding carboxylic acids is 2. The Bertz CT molecular complexity index is 1050. The van der Waals surface area contributed by atoms with Crippen LogP contribution in [0.3, 0.4) is 0 Å². The molecule has 146 valence electrons. The van der Waals surface area contributed by atoms with Gasteiger partial charge in [0, 0.05) is 31.0 Å². The first-order chi connectivity index (χ1) is 13.4. The first-order valence-corrected chi connectivity index (χ1v) is 9.19. The molecule has 4 rings (SSSR count). The Hall–Kier alpha value is -3.06. The maximum Gasteiger partial charge on any atom is 0.271 e. The van der Waals surface area contributed by atoms with Crippen molar-refractivity contribution in [2.75, 3.05) is 20.2 Å². The lowest BCUT2D eigenvalue weighted by molar-refractivity contribution is -0.131. The molecule has 2 heterocycles. The van der Waals surface area contributed by atoms with Crippen molar-refractivity contribution in [2.24, 2.45) is 13.0 Å². The summed E-state index contributed by atoms with van der Waals surface area (Å²) >= 11 is 0. The van der Waals surface area contributed by atoms with Crippen LogP contribution >= 0.6 is 0 Å². The Morgan fingerprint density at radius 3 is 2.75 bits per heavy atom. The number of nitrogens with one attached hydrogen (secondary N) is 1. The molecule has 1 aromatic heterocycles. The summed E-state index contributed by atoms with van der Waals surface area (Å²) in [4.78, 5) is 26.8. The number of aryl methyl sites for hydroxylation is 1. The smallest absolute Gasteiger partial charge is 0.271 e. The van der Waals surface area contributed by atoms with E-state index in [1.165, 1.54) is 0 Å². The Labute approximate surface area is 162 Å². The van der Waals surface area contributed by atoms with Crippen molar-refractivity contribution in [1.29, 1.82) is 0 Å². The number of carbonyl (C=O) groups is 2. The van der Waals surface area contributed by atoms with E-state index in [1.54, 1.807) is 12.6 Å². The Kier molecular flexibility index (Phi) is 4.47. The fourth-order valence-electron chi connectivity index (χ4n) is 4.22. The number of amides is 2. The van der Waals surface area contributed by atoms with Crippen LogP contribution in [0.5, 0.6) is 5.75 Å². The van der Waals surface area contributed by atoms with E-state index in [2.05, 4.69) is 0 Å². The average molecular weight is 381 g/mol. The number of fused-ring (bicyclic) bond motifs is 1. The topological polar surface area (TPSA) is 83.8 Å². The molecule has 0 radical (unpaired) electrons. The van der Waals surface area contributed by atoms with Crippen LogP contribution in [-0.2, 0) is 11.8 Å². The van der Waals surface area contributed by atoms with Crippen LogP contribution in [0.4, 0.5) is 0 Å². The molecule has 0 bridgehead atoms. The maximum atomic E-state index is 13.2. The predicted octanol–water partition coefficient (Wildman–Crippen LogP) is 2.41. The number of nitrogens with zero attached hydrogens (tertiary/aromatic N) is 2. The van der Waals surface area contributed by atoms with Crippen LogP contribution in [-0.4, -0.2) is 46.7 Å². The maximum absolute atomic E-state index is 13.2. The van der Waals surface area contributed by atoms with Crippen LogP contribution in [0.25, 0.3) is 10.9 Å². The fraction of sp³-hybridized carbons (Fsp3) is 0.333. The van der Waals surface area contributed by atoms with Crippen molar-refractivity contribution in [1.82, 2.24) is 14.9 Å². The molecule has 2 amide bonds. The van der Waals surface area contributed by atoms with Gasteiger partial charge in [0.2, 0.25) is 0 Å². The molecule has 7 nitrogen and oxygen atoms in total. The van der Waals surface area contributed by atoms with E-state index in [0.29, 0.717) is 25.2 Å². The molecule has 2 N–H and O–H groups in total. The fourth-order valence-corrected chi connectivity index (χ4v) is 4.22. The molecular formula is C21H23N3O4. The van der Waals surface area contributed by atoms with Gasteiger partial charge in [-0.05, 0) is 54.3 Å². The molecule has 2 aromatic rings. The van der Waals surface area contributed by atoms with Crippen LogP contribution in [0.2, 0.25) is 0 Å². The van der Waals surface area contributed by atoms with Crippen LogP contribution in [0.1, 0.15) is 23.8 Å². The summed E-state index contributed by atoms with van der Waals surface area (Å²) in [5.41, 5.74) is 6.51. The SMILES string of the molecule is COc1ccc2c(c1)cc(C(=O)N1CC3=C(C1)C(C)=CC(C(=O)NO)C3)n2C. The molecular weight excluding hydrogens is 358 g/mol. The van der Waals surface area contributed by atoms with Gasteiger partial charge in [-0.3, -0.25) is 14.8 Å². The van der Waals surface area contributed by atoms with Gasteiger partial charge in [0.1, 0.15) is 11.4 Å². The lowest BCUT2D eigenvalue weighted by atomic mass is 9.86. The van der Waals surface area contributed by atoms with E-state index in [-0.39, 0.29) is 5.91 Å². The van der Waals surface area contributed by atoms with Gasteiger partial charge in [-0.2, -0.15) is 0 Å². The van der Waals surface area contributed by atoms with Gasteiger partial charge >= 0.3 is 0 Å². The zero-order chi connectivity index (χ0) is 20.0. The standard InChI is InChI=1S/C21H23N3O4/c1-12-6-14(20(25)22-27)7-15-10-24(11-17(12)15)21(26)19-9-13-8-16(28-3)4-5-18(13)23(19)2/h4-6,8-9,14,27H,7,10-11H2,1-3H3,(H,22,25). The van der Waals surface area contributed by atoms with Crippen molar-refractivity contribution in [2.45, 2.75) is 13.3 Å². The van der Waals surface area contributed by atoms with E-state index >= 15 is 0 Å². The van der Waals surface area contributed by atoms with E-state index < -0.39 is 11.8 Å². The number of aromatic nitrogens is 1. The summed E-state index contributed by atoms with van der Waals surface area (Å²) in [7, 11) is 3.51. The highest BCUT2D eigenvalue weighted by atomic mass is 16.5. The van der Waals surface area contributed by atoms with Crippen molar-refractivity contribution in [3.05, 3.63) is 52.8 Å². The Morgan fingerprint density at radius 1 is 1.25 bits per heavy atom.